The van der Waals surface area contributed by atoms with Crippen molar-refractivity contribution in [2.75, 3.05) is 26.2 Å². The maximum atomic E-state index is 13.1. The van der Waals surface area contributed by atoms with Gasteiger partial charge in [0, 0.05) is 50.0 Å². The minimum Gasteiger partial charge on any atom is -0.483 e. The number of fused-ring (bicyclic) bond motifs is 4. The van der Waals surface area contributed by atoms with Crippen LogP contribution in [0.5, 0.6) is 0 Å². The minimum absolute atomic E-state index is 0.0560. The Morgan fingerprint density at radius 3 is 2.67 bits per heavy atom. The predicted molar refractivity (Wildman–Crippen MR) is 123 cm³/mol. The van der Waals surface area contributed by atoms with Crippen LogP contribution in [0.3, 0.4) is 0 Å². The number of carbonyl (C=O) groups is 3. The molecule has 1 aliphatic carbocycles. The van der Waals surface area contributed by atoms with Gasteiger partial charge in [0.05, 0.1) is 5.56 Å². The van der Waals surface area contributed by atoms with Gasteiger partial charge in [-0.2, -0.15) is 0 Å². The monoisotopic (exact) mass is 454 g/mol. The zero-order valence-corrected chi connectivity index (χ0v) is 19.0. The van der Waals surface area contributed by atoms with Crippen molar-refractivity contribution in [1.29, 1.82) is 0 Å². The number of amides is 2. The average molecular weight is 455 g/mol. The van der Waals surface area contributed by atoms with Crippen LogP contribution in [0.1, 0.15) is 48.9 Å². The molecule has 0 radical (unpaired) electrons. The number of piperidine rings is 3. The highest BCUT2D eigenvalue weighted by Gasteiger charge is 2.48. The van der Waals surface area contributed by atoms with Crippen molar-refractivity contribution in [1.82, 2.24) is 20.1 Å². The largest absolute Gasteiger partial charge is 0.483 e. The van der Waals surface area contributed by atoms with Crippen molar-refractivity contribution >= 4 is 18.3 Å². The second-order valence-electron chi connectivity index (χ2n) is 9.56. The molecule has 8 nitrogen and oxygen atoms in total. The lowest BCUT2D eigenvalue weighted by molar-refractivity contribution is -0.144. The van der Waals surface area contributed by atoms with E-state index in [0.29, 0.717) is 41.9 Å². The second kappa shape index (κ2) is 10.9. The van der Waals surface area contributed by atoms with Crippen LogP contribution in [-0.4, -0.2) is 76.4 Å². The Labute approximate surface area is 195 Å². The number of nitrogens with one attached hydrogen (secondary N) is 1. The molecule has 3 aliphatic heterocycles. The molecule has 2 N–H and O–H groups in total. The van der Waals surface area contributed by atoms with Gasteiger partial charge in [-0.05, 0) is 62.6 Å². The molecular weight excluding hydrogens is 420 g/mol. The van der Waals surface area contributed by atoms with Gasteiger partial charge in [0.2, 0.25) is 5.91 Å². The van der Waals surface area contributed by atoms with Gasteiger partial charge in [-0.1, -0.05) is 18.6 Å². The van der Waals surface area contributed by atoms with Crippen LogP contribution in [-0.2, 0) is 9.59 Å². The number of carboxylic acid groups (broad SMARTS) is 1. The van der Waals surface area contributed by atoms with E-state index in [1.54, 1.807) is 24.5 Å². The van der Waals surface area contributed by atoms with E-state index in [9.17, 15) is 9.59 Å². The number of nitrogens with zero attached hydrogens (tertiary/aromatic N) is 3. The molecule has 2 amide bonds. The molecule has 4 heterocycles. The third-order valence-corrected chi connectivity index (χ3v) is 7.69. The Balaban J connectivity index is 0.000000821. The molecule has 0 unspecified atom stereocenters. The van der Waals surface area contributed by atoms with Gasteiger partial charge in [-0.25, -0.2) is 0 Å². The summed E-state index contributed by atoms with van der Waals surface area (Å²) in [5.74, 6) is 1.45. The van der Waals surface area contributed by atoms with E-state index in [-0.39, 0.29) is 18.3 Å². The van der Waals surface area contributed by atoms with E-state index in [0.717, 1.165) is 32.5 Å². The summed E-state index contributed by atoms with van der Waals surface area (Å²) in [5, 5.41) is 10.1. The highest BCUT2D eigenvalue weighted by molar-refractivity contribution is 5.93. The van der Waals surface area contributed by atoms with Crippen LogP contribution in [0, 0.1) is 17.8 Å². The number of aromatic nitrogens is 1. The Kier molecular flexibility index (Phi) is 7.75. The fourth-order valence-electron chi connectivity index (χ4n) is 6.24. The van der Waals surface area contributed by atoms with Crippen LogP contribution in [0.15, 0.2) is 36.7 Å². The fourth-order valence-corrected chi connectivity index (χ4v) is 6.24. The SMILES string of the molecule is O=C(NC[C@H]1[C@H]2C[C@H](CN(C(=O)C3CC=CC3)C2)[C@@H]2CCCCN21)c1cccnc1.O=CO. The molecule has 5 rings (SSSR count). The number of allylic oxidation sites excluding steroid dienone is 2. The normalized spacial score (nSPS) is 28.9. The number of carbonyl (C=O) groups excluding carboxylic acids is 2. The molecular formula is C25H34N4O4. The van der Waals surface area contributed by atoms with E-state index in [4.69, 9.17) is 9.90 Å². The van der Waals surface area contributed by atoms with Crippen molar-refractivity contribution in [2.24, 2.45) is 17.8 Å². The zero-order chi connectivity index (χ0) is 23.2. The summed E-state index contributed by atoms with van der Waals surface area (Å²) in [6.07, 6.45) is 14.3. The lowest BCUT2D eigenvalue weighted by atomic mass is 9.72. The maximum absolute atomic E-state index is 13.1. The summed E-state index contributed by atoms with van der Waals surface area (Å²) >= 11 is 0. The van der Waals surface area contributed by atoms with Gasteiger partial charge in [0.15, 0.2) is 0 Å². The average Bonchev–Trinajstić information content (AvgIpc) is 3.39. The van der Waals surface area contributed by atoms with Gasteiger partial charge in [-0.15, -0.1) is 0 Å². The van der Waals surface area contributed by atoms with E-state index in [1.807, 2.05) is 0 Å². The molecule has 0 saturated carbocycles. The third-order valence-electron chi connectivity index (χ3n) is 7.69. The standard InChI is InChI=1S/C24H32N4O2.CH2O2/c29-23(18-8-5-10-25-13-18)26-14-22-20-12-19(21-9-3-4-11-28(21)22)15-27(16-20)24(30)17-6-1-2-7-17;2-1-3/h1-2,5,8,10,13,17,19-22H,3-4,6-7,9,11-12,14-16H2,(H,26,29);1H,(H,2,3)/t19-,20+,21+,22+;/m1./s1. The molecule has 1 aromatic rings. The highest BCUT2D eigenvalue weighted by atomic mass is 16.3. The van der Waals surface area contributed by atoms with E-state index in [1.165, 1.54) is 25.7 Å². The summed E-state index contributed by atoms with van der Waals surface area (Å²) in [6.45, 7) is 3.27. The summed E-state index contributed by atoms with van der Waals surface area (Å²) in [6, 6.07) is 4.46. The van der Waals surface area contributed by atoms with Crippen molar-refractivity contribution in [3.8, 4) is 0 Å². The molecule has 0 spiro atoms. The number of hydrogen-bond acceptors (Lipinski definition) is 5. The molecule has 3 saturated heterocycles. The van der Waals surface area contributed by atoms with Gasteiger partial charge in [0.25, 0.3) is 12.4 Å². The van der Waals surface area contributed by atoms with E-state index in [2.05, 4.69) is 32.3 Å². The molecule has 4 atom stereocenters. The fraction of sp³-hybridized carbons (Fsp3) is 0.600. The molecule has 1 aromatic heterocycles. The second-order valence-corrected chi connectivity index (χ2v) is 9.56. The van der Waals surface area contributed by atoms with Crippen molar-refractivity contribution in [3.63, 3.8) is 0 Å². The van der Waals surface area contributed by atoms with Gasteiger partial charge < -0.3 is 15.3 Å². The number of hydrogen-bond donors (Lipinski definition) is 2. The summed E-state index contributed by atoms with van der Waals surface area (Å²) in [4.78, 5) is 43.0. The van der Waals surface area contributed by atoms with Crippen molar-refractivity contribution in [2.45, 2.75) is 50.6 Å². The van der Waals surface area contributed by atoms with Crippen LogP contribution < -0.4 is 5.32 Å². The Bertz CT molecular complexity index is 853. The third kappa shape index (κ3) is 5.27. The first kappa shape index (κ1) is 23.4. The first-order valence-corrected chi connectivity index (χ1v) is 12.1. The van der Waals surface area contributed by atoms with Gasteiger partial charge >= 0.3 is 0 Å². The molecule has 4 aliphatic rings. The zero-order valence-electron chi connectivity index (χ0n) is 19.0. The van der Waals surface area contributed by atoms with E-state index < -0.39 is 0 Å². The quantitative estimate of drug-likeness (QED) is 0.534. The molecule has 3 fully saturated rings. The lowest BCUT2D eigenvalue weighted by Crippen LogP contribution is -2.66. The van der Waals surface area contributed by atoms with Crippen LogP contribution in [0.4, 0.5) is 0 Å². The number of pyridine rings is 1. The number of rotatable bonds is 4. The Morgan fingerprint density at radius 2 is 1.94 bits per heavy atom. The Morgan fingerprint density at radius 1 is 1.18 bits per heavy atom. The maximum Gasteiger partial charge on any atom is 0.290 e. The summed E-state index contributed by atoms with van der Waals surface area (Å²) in [7, 11) is 0. The Hall–Kier alpha value is -2.74. The lowest BCUT2D eigenvalue weighted by Gasteiger charge is -2.57. The van der Waals surface area contributed by atoms with Crippen LogP contribution >= 0.6 is 0 Å². The van der Waals surface area contributed by atoms with Gasteiger partial charge in [-0.3, -0.25) is 24.3 Å². The highest BCUT2D eigenvalue weighted by Crippen LogP contribution is 2.41. The first-order valence-electron chi connectivity index (χ1n) is 12.1. The smallest absolute Gasteiger partial charge is 0.290 e. The molecule has 8 heteroatoms. The van der Waals surface area contributed by atoms with Crippen molar-refractivity contribution in [3.05, 3.63) is 42.2 Å². The van der Waals surface area contributed by atoms with Crippen molar-refractivity contribution < 1.29 is 19.5 Å². The molecule has 0 aromatic carbocycles. The summed E-state index contributed by atoms with van der Waals surface area (Å²) in [5.41, 5.74) is 0.607. The molecule has 178 valence electrons. The predicted octanol–water partition coefficient (Wildman–Crippen LogP) is 2.18. The summed E-state index contributed by atoms with van der Waals surface area (Å²) < 4.78 is 0. The first-order chi connectivity index (χ1) is 16.1. The van der Waals surface area contributed by atoms with Crippen LogP contribution in [0.2, 0.25) is 0 Å². The van der Waals surface area contributed by atoms with E-state index >= 15 is 0 Å². The van der Waals surface area contributed by atoms with Crippen LogP contribution in [0.25, 0.3) is 0 Å². The number of likely N-dealkylation sites (tertiary alicyclic amines) is 1. The topological polar surface area (TPSA) is 103 Å². The molecule has 33 heavy (non-hydrogen) atoms. The molecule has 2 bridgehead atoms. The van der Waals surface area contributed by atoms with Gasteiger partial charge in [0.1, 0.15) is 0 Å². The minimum atomic E-state index is -0.250.